The smallest absolute Gasteiger partial charge is 0.330 e. The van der Waals surface area contributed by atoms with Gasteiger partial charge >= 0.3 is 5.69 Å². The number of hydrogen-bond donors (Lipinski definition) is 2. The molecule has 8 nitrogen and oxygen atoms in total. The molecule has 0 atom stereocenters. The van der Waals surface area contributed by atoms with Crippen LogP contribution < -0.4 is 21.9 Å². The van der Waals surface area contributed by atoms with Gasteiger partial charge in [0.05, 0.1) is 19.7 Å². The van der Waals surface area contributed by atoms with Gasteiger partial charge in [-0.3, -0.25) is 24.0 Å². The number of carbonyl (C=O) groups is 1. The maximum atomic E-state index is 13.5. The number of aromatic nitrogens is 2. The van der Waals surface area contributed by atoms with Gasteiger partial charge in [-0.25, -0.2) is 4.79 Å². The van der Waals surface area contributed by atoms with Gasteiger partial charge in [0.15, 0.2) is 5.69 Å². The van der Waals surface area contributed by atoms with Gasteiger partial charge in [-0.05, 0) is 28.0 Å². The molecule has 0 unspecified atom stereocenters. The third-order valence-electron chi connectivity index (χ3n) is 5.68. The molecule has 4 aromatic rings. The van der Waals surface area contributed by atoms with E-state index in [0.717, 1.165) is 21.9 Å². The van der Waals surface area contributed by atoms with Gasteiger partial charge in [0, 0.05) is 13.2 Å². The minimum Gasteiger partial charge on any atom is -0.383 e. The van der Waals surface area contributed by atoms with E-state index in [-0.39, 0.29) is 31.2 Å². The van der Waals surface area contributed by atoms with Crippen molar-refractivity contribution in [2.75, 3.05) is 24.4 Å². The molecule has 3 aromatic carbocycles. The van der Waals surface area contributed by atoms with Crippen molar-refractivity contribution in [1.29, 1.82) is 0 Å². The Morgan fingerprint density at radius 1 is 1.03 bits per heavy atom. The van der Waals surface area contributed by atoms with Crippen LogP contribution in [0.25, 0.3) is 16.8 Å². The van der Waals surface area contributed by atoms with Crippen LogP contribution in [0.2, 0.25) is 0 Å². The van der Waals surface area contributed by atoms with Crippen LogP contribution in [-0.2, 0) is 22.6 Å². The number of rotatable bonds is 8. The molecule has 0 saturated carbocycles. The summed E-state index contributed by atoms with van der Waals surface area (Å²) >= 11 is 0. The van der Waals surface area contributed by atoms with E-state index in [1.807, 2.05) is 72.8 Å². The standard InChI is InChI=1S/C27H26N4O4/c1-35-17-16-30-25(28)24(26(33)29-27(30)34)31(18-19-8-3-2-4-9-19)23(32)15-14-21-12-7-11-20-10-5-6-13-22(20)21/h2-15H,16-18,28H2,1H3,(H,29,33,34)/b15-14+. The van der Waals surface area contributed by atoms with Gasteiger partial charge in [0.2, 0.25) is 0 Å². The van der Waals surface area contributed by atoms with Crippen LogP contribution in [-0.4, -0.2) is 29.2 Å². The average molecular weight is 471 g/mol. The zero-order valence-electron chi connectivity index (χ0n) is 19.3. The Bertz CT molecular complexity index is 1480. The van der Waals surface area contributed by atoms with Crippen molar-refractivity contribution in [3.05, 3.63) is 111 Å². The summed E-state index contributed by atoms with van der Waals surface area (Å²) in [5, 5.41) is 2.05. The lowest BCUT2D eigenvalue weighted by Crippen LogP contribution is -2.40. The van der Waals surface area contributed by atoms with Crippen molar-refractivity contribution in [1.82, 2.24) is 9.55 Å². The van der Waals surface area contributed by atoms with Gasteiger partial charge in [-0.1, -0.05) is 72.8 Å². The molecule has 0 aliphatic carbocycles. The first-order valence-corrected chi connectivity index (χ1v) is 11.1. The highest BCUT2D eigenvalue weighted by Crippen LogP contribution is 2.22. The fourth-order valence-electron chi connectivity index (χ4n) is 3.92. The van der Waals surface area contributed by atoms with Crippen molar-refractivity contribution in [3.63, 3.8) is 0 Å². The Balaban J connectivity index is 1.78. The number of amides is 1. The monoisotopic (exact) mass is 470 g/mol. The normalized spacial score (nSPS) is 11.2. The van der Waals surface area contributed by atoms with Crippen LogP contribution >= 0.6 is 0 Å². The van der Waals surface area contributed by atoms with Crippen LogP contribution in [0.15, 0.2) is 88.5 Å². The van der Waals surface area contributed by atoms with Gasteiger partial charge in [0.25, 0.3) is 11.5 Å². The quantitative estimate of drug-likeness (QED) is 0.385. The number of nitrogen functional groups attached to an aromatic ring is 1. The number of anilines is 2. The molecule has 0 aliphatic heterocycles. The summed E-state index contributed by atoms with van der Waals surface area (Å²) in [6, 6.07) is 23.0. The Labute approximate surface area is 201 Å². The van der Waals surface area contributed by atoms with Gasteiger partial charge in [0.1, 0.15) is 5.82 Å². The molecule has 0 bridgehead atoms. The van der Waals surface area contributed by atoms with E-state index in [2.05, 4.69) is 4.98 Å². The molecule has 0 spiro atoms. The van der Waals surface area contributed by atoms with Crippen molar-refractivity contribution in [2.45, 2.75) is 13.1 Å². The second-order valence-corrected chi connectivity index (χ2v) is 7.95. The Morgan fingerprint density at radius 3 is 2.51 bits per heavy atom. The molecule has 1 amide bonds. The first-order valence-electron chi connectivity index (χ1n) is 11.1. The zero-order chi connectivity index (χ0) is 24.8. The van der Waals surface area contributed by atoms with Crippen LogP contribution in [0, 0.1) is 0 Å². The molecule has 1 aromatic heterocycles. The molecular weight excluding hydrogens is 444 g/mol. The minimum atomic E-state index is -0.732. The molecule has 178 valence electrons. The molecule has 4 rings (SSSR count). The highest BCUT2D eigenvalue weighted by atomic mass is 16.5. The third-order valence-corrected chi connectivity index (χ3v) is 5.68. The maximum absolute atomic E-state index is 13.5. The highest BCUT2D eigenvalue weighted by Gasteiger charge is 2.23. The summed E-state index contributed by atoms with van der Waals surface area (Å²) in [5.41, 5.74) is 6.45. The fraction of sp³-hybridized carbons (Fsp3) is 0.148. The zero-order valence-corrected chi connectivity index (χ0v) is 19.3. The van der Waals surface area contributed by atoms with Crippen molar-refractivity contribution >= 4 is 34.3 Å². The molecule has 0 saturated heterocycles. The average Bonchev–Trinajstić information content (AvgIpc) is 2.87. The van der Waals surface area contributed by atoms with E-state index in [9.17, 15) is 14.4 Å². The summed E-state index contributed by atoms with van der Waals surface area (Å²) in [5.74, 6) is -0.547. The number of benzene rings is 3. The molecule has 0 fully saturated rings. The molecule has 1 heterocycles. The molecule has 0 aliphatic rings. The van der Waals surface area contributed by atoms with Gasteiger partial charge < -0.3 is 10.5 Å². The van der Waals surface area contributed by atoms with E-state index >= 15 is 0 Å². The summed E-state index contributed by atoms with van der Waals surface area (Å²) in [7, 11) is 1.50. The van der Waals surface area contributed by atoms with Crippen molar-refractivity contribution in [2.24, 2.45) is 0 Å². The molecule has 0 radical (unpaired) electrons. The number of hydrogen-bond acceptors (Lipinski definition) is 5. The Morgan fingerprint density at radius 2 is 1.74 bits per heavy atom. The Hall–Kier alpha value is -4.43. The van der Waals surface area contributed by atoms with Crippen LogP contribution in [0.3, 0.4) is 0 Å². The number of methoxy groups -OCH3 is 1. The van der Waals surface area contributed by atoms with E-state index in [1.54, 1.807) is 6.08 Å². The highest BCUT2D eigenvalue weighted by molar-refractivity contribution is 6.06. The van der Waals surface area contributed by atoms with Gasteiger partial charge in [-0.15, -0.1) is 0 Å². The Kier molecular flexibility index (Phi) is 7.23. The second-order valence-electron chi connectivity index (χ2n) is 7.95. The van der Waals surface area contributed by atoms with E-state index < -0.39 is 17.2 Å². The summed E-state index contributed by atoms with van der Waals surface area (Å²) in [6.07, 6.45) is 3.13. The number of ether oxygens (including phenoxy) is 1. The van der Waals surface area contributed by atoms with Crippen LogP contribution in [0.4, 0.5) is 11.5 Å². The number of aromatic amines is 1. The number of carbonyl (C=O) groups excluding carboxylic acids is 1. The number of nitrogens with one attached hydrogen (secondary N) is 1. The number of fused-ring (bicyclic) bond motifs is 1. The molecule has 35 heavy (non-hydrogen) atoms. The van der Waals surface area contributed by atoms with Gasteiger partial charge in [-0.2, -0.15) is 0 Å². The van der Waals surface area contributed by atoms with Crippen LogP contribution in [0.5, 0.6) is 0 Å². The lowest BCUT2D eigenvalue weighted by atomic mass is 10.0. The predicted molar refractivity (Wildman–Crippen MR) is 138 cm³/mol. The van der Waals surface area contributed by atoms with Crippen molar-refractivity contribution < 1.29 is 9.53 Å². The first-order chi connectivity index (χ1) is 17.0. The topological polar surface area (TPSA) is 110 Å². The fourth-order valence-corrected chi connectivity index (χ4v) is 3.92. The number of H-pyrrole nitrogens is 1. The minimum absolute atomic E-state index is 0.0860. The summed E-state index contributed by atoms with van der Waals surface area (Å²) in [4.78, 5) is 42.3. The molecular formula is C27H26N4O4. The molecule has 8 heteroatoms. The summed E-state index contributed by atoms with van der Waals surface area (Å²) < 4.78 is 6.25. The lowest BCUT2D eigenvalue weighted by Gasteiger charge is -2.23. The number of nitrogens with two attached hydrogens (primary N) is 1. The maximum Gasteiger partial charge on any atom is 0.330 e. The van der Waals surface area contributed by atoms with E-state index in [4.69, 9.17) is 10.5 Å². The first kappa shape index (κ1) is 23.7. The second kappa shape index (κ2) is 10.7. The molecule has 3 N–H and O–H groups in total. The van der Waals surface area contributed by atoms with Crippen molar-refractivity contribution in [3.8, 4) is 0 Å². The van der Waals surface area contributed by atoms with E-state index in [1.165, 1.54) is 22.7 Å². The predicted octanol–water partition coefficient (Wildman–Crippen LogP) is 3.17. The third kappa shape index (κ3) is 5.23. The van der Waals surface area contributed by atoms with E-state index in [0.29, 0.717) is 0 Å². The largest absolute Gasteiger partial charge is 0.383 e. The summed E-state index contributed by atoms with van der Waals surface area (Å²) in [6.45, 7) is 0.433. The lowest BCUT2D eigenvalue weighted by molar-refractivity contribution is -0.114. The van der Waals surface area contributed by atoms with Crippen LogP contribution in [0.1, 0.15) is 11.1 Å². The SMILES string of the molecule is COCCn1c(N)c(N(Cc2ccccc2)C(=O)/C=C/c2cccc3ccccc23)c(=O)[nH]c1=O. The number of nitrogens with zero attached hydrogens (tertiary/aromatic N) is 2.